The number of hydrogen-bond acceptors (Lipinski definition) is 3. The number of nitrogens with zero attached hydrogens (tertiary/aromatic N) is 1. The lowest BCUT2D eigenvalue weighted by Gasteiger charge is -2.30. The van der Waals surface area contributed by atoms with Crippen molar-refractivity contribution in [3.63, 3.8) is 0 Å². The Balaban J connectivity index is 1.80. The highest BCUT2D eigenvalue weighted by Gasteiger charge is 2.29. The van der Waals surface area contributed by atoms with Gasteiger partial charge in [-0.05, 0) is 67.6 Å². The summed E-state index contributed by atoms with van der Waals surface area (Å²) in [6, 6.07) is 23.0. The minimum atomic E-state index is -3.96. The number of carbonyl (C=O) groups excluding carboxylic acids is 1. The van der Waals surface area contributed by atoms with Crippen molar-refractivity contribution < 1.29 is 13.2 Å². The van der Waals surface area contributed by atoms with Crippen LogP contribution in [0.3, 0.4) is 0 Å². The first-order valence-corrected chi connectivity index (χ1v) is 13.0. The van der Waals surface area contributed by atoms with Crippen LogP contribution in [0.15, 0.2) is 83.8 Å². The molecule has 0 saturated carbocycles. The van der Waals surface area contributed by atoms with Crippen molar-refractivity contribution in [1.82, 2.24) is 5.32 Å². The van der Waals surface area contributed by atoms with Gasteiger partial charge in [-0.2, -0.15) is 0 Å². The monoisotopic (exact) mass is 498 g/mol. The fourth-order valence-corrected chi connectivity index (χ4v) is 5.58. The standard InChI is InChI=1S/C27H31ClN2O3S/c1-20-10-16-25(17-11-20)34(32,33)30(24-14-12-23(28)13-15-24)19-26(31)29-21(2)18-27(3,4)22-8-6-5-7-9-22/h5-17,21H,18-19H2,1-4H3,(H,29,31). The molecule has 3 rings (SSSR count). The predicted molar refractivity (Wildman–Crippen MR) is 139 cm³/mol. The summed E-state index contributed by atoms with van der Waals surface area (Å²) in [5.41, 5.74) is 2.35. The van der Waals surface area contributed by atoms with Crippen LogP contribution >= 0.6 is 11.6 Å². The largest absolute Gasteiger partial charge is 0.352 e. The van der Waals surface area contributed by atoms with E-state index < -0.39 is 10.0 Å². The third-order valence-electron chi connectivity index (χ3n) is 5.79. The molecule has 5 nitrogen and oxygen atoms in total. The first-order valence-electron chi connectivity index (χ1n) is 11.2. The molecule has 7 heteroatoms. The summed E-state index contributed by atoms with van der Waals surface area (Å²) in [5.74, 6) is -0.373. The summed E-state index contributed by atoms with van der Waals surface area (Å²) in [6.45, 7) is 7.75. The third kappa shape index (κ3) is 6.39. The second-order valence-electron chi connectivity index (χ2n) is 9.22. The van der Waals surface area contributed by atoms with Crippen molar-refractivity contribution in [2.75, 3.05) is 10.8 Å². The van der Waals surface area contributed by atoms with Crippen LogP contribution < -0.4 is 9.62 Å². The Morgan fingerprint density at radius 3 is 2.15 bits per heavy atom. The van der Waals surface area contributed by atoms with Gasteiger partial charge >= 0.3 is 0 Å². The zero-order valence-corrected chi connectivity index (χ0v) is 21.5. The van der Waals surface area contributed by atoms with E-state index in [-0.39, 0.29) is 28.8 Å². The van der Waals surface area contributed by atoms with E-state index in [1.165, 1.54) is 5.56 Å². The highest BCUT2D eigenvalue weighted by molar-refractivity contribution is 7.92. The molecular weight excluding hydrogens is 468 g/mol. The molecule has 0 aromatic heterocycles. The third-order valence-corrected chi connectivity index (χ3v) is 7.83. The molecule has 1 atom stereocenters. The van der Waals surface area contributed by atoms with E-state index >= 15 is 0 Å². The van der Waals surface area contributed by atoms with Crippen molar-refractivity contribution in [3.8, 4) is 0 Å². The zero-order chi connectivity index (χ0) is 24.9. The molecule has 180 valence electrons. The van der Waals surface area contributed by atoms with Gasteiger partial charge in [0.05, 0.1) is 10.6 Å². The van der Waals surface area contributed by atoms with Crippen LogP contribution in [0.4, 0.5) is 5.69 Å². The Morgan fingerprint density at radius 1 is 0.971 bits per heavy atom. The Hall–Kier alpha value is -2.83. The van der Waals surface area contributed by atoms with Gasteiger partial charge in [-0.3, -0.25) is 9.10 Å². The van der Waals surface area contributed by atoms with Crippen LogP contribution in [0.5, 0.6) is 0 Å². The van der Waals surface area contributed by atoms with Crippen molar-refractivity contribution in [1.29, 1.82) is 0 Å². The SMILES string of the molecule is Cc1ccc(S(=O)(=O)N(CC(=O)NC(C)CC(C)(C)c2ccccc2)c2ccc(Cl)cc2)cc1. The fourth-order valence-electron chi connectivity index (χ4n) is 4.03. The topological polar surface area (TPSA) is 66.5 Å². The quantitative estimate of drug-likeness (QED) is 0.410. The van der Waals surface area contributed by atoms with Gasteiger partial charge in [-0.15, -0.1) is 0 Å². The Kier molecular flexibility index (Phi) is 8.05. The Morgan fingerprint density at radius 2 is 1.56 bits per heavy atom. The van der Waals surface area contributed by atoms with Crippen LogP contribution in [0.2, 0.25) is 5.02 Å². The smallest absolute Gasteiger partial charge is 0.264 e. The summed E-state index contributed by atoms with van der Waals surface area (Å²) in [7, 11) is -3.96. The van der Waals surface area contributed by atoms with Gasteiger partial charge in [-0.1, -0.05) is 73.5 Å². The van der Waals surface area contributed by atoms with E-state index in [1.54, 1.807) is 48.5 Å². The van der Waals surface area contributed by atoms with Crippen LogP contribution in [-0.4, -0.2) is 26.9 Å². The number of benzene rings is 3. The van der Waals surface area contributed by atoms with Gasteiger partial charge in [0.15, 0.2) is 0 Å². The number of aryl methyl sites for hydroxylation is 1. The van der Waals surface area contributed by atoms with E-state index in [4.69, 9.17) is 11.6 Å². The van der Waals surface area contributed by atoms with Crippen LogP contribution in [0, 0.1) is 6.92 Å². The number of carbonyl (C=O) groups is 1. The molecule has 3 aromatic carbocycles. The Labute approximate surface area is 207 Å². The molecule has 0 bridgehead atoms. The summed E-state index contributed by atoms with van der Waals surface area (Å²) in [6.07, 6.45) is 0.703. The van der Waals surface area contributed by atoms with Crippen LogP contribution in [0.25, 0.3) is 0 Å². The van der Waals surface area contributed by atoms with E-state index in [1.807, 2.05) is 32.0 Å². The molecule has 0 aliphatic heterocycles. The molecule has 1 unspecified atom stereocenters. The molecule has 34 heavy (non-hydrogen) atoms. The summed E-state index contributed by atoms with van der Waals surface area (Å²) in [4.78, 5) is 13.1. The second kappa shape index (κ2) is 10.6. The lowest BCUT2D eigenvalue weighted by molar-refractivity contribution is -0.120. The minimum absolute atomic E-state index is 0.124. The minimum Gasteiger partial charge on any atom is -0.352 e. The van der Waals surface area contributed by atoms with Crippen LogP contribution in [-0.2, 0) is 20.2 Å². The lowest BCUT2D eigenvalue weighted by Crippen LogP contribution is -2.45. The molecule has 0 spiro atoms. The van der Waals surface area contributed by atoms with Crippen molar-refractivity contribution in [3.05, 3.63) is 95.0 Å². The first-order chi connectivity index (χ1) is 16.0. The summed E-state index contributed by atoms with van der Waals surface area (Å²) < 4.78 is 28.1. The molecule has 0 radical (unpaired) electrons. The van der Waals surface area contributed by atoms with Gasteiger partial charge in [0.2, 0.25) is 5.91 Å². The molecule has 3 aromatic rings. The highest BCUT2D eigenvalue weighted by Crippen LogP contribution is 2.29. The number of nitrogens with one attached hydrogen (secondary N) is 1. The number of halogens is 1. The lowest BCUT2D eigenvalue weighted by atomic mass is 9.79. The second-order valence-corrected chi connectivity index (χ2v) is 11.5. The average Bonchev–Trinajstić information content (AvgIpc) is 2.78. The number of hydrogen-bond donors (Lipinski definition) is 1. The molecule has 0 fully saturated rings. The summed E-state index contributed by atoms with van der Waals surface area (Å²) in [5, 5.41) is 3.46. The molecule has 1 N–H and O–H groups in total. The molecule has 0 aliphatic rings. The van der Waals surface area contributed by atoms with Crippen molar-refractivity contribution in [2.45, 2.75) is 50.5 Å². The maximum absolute atomic E-state index is 13.5. The van der Waals surface area contributed by atoms with E-state index in [0.29, 0.717) is 17.1 Å². The average molecular weight is 499 g/mol. The van der Waals surface area contributed by atoms with Crippen LogP contribution in [0.1, 0.15) is 38.3 Å². The Bertz CT molecular complexity index is 1210. The maximum Gasteiger partial charge on any atom is 0.264 e. The normalized spacial score (nSPS) is 12.7. The van der Waals surface area contributed by atoms with Gasteiger partial charge in [0.25, 0.3) is 10.0 Å². The first kappa shape index (κ1) is 25.8. The molecule has 0 saturated heterocycles. The molecule has 0 heterocycles. The summed E-state index contributed by atoms with van der Waals surface area (Å²) >= 11 is 6.00. The molecule has 1 amide bonds. The highest BCUT2D eigenvalue weighted by atomic mass is 35.5. The van der Waals surface area contributed by atoms with Gasteiger partial charge < -0.3 is 5.32 Å². The fraction of sp³-hybridized carbons (Fsp3) is 0.296. The van der Waals surface area contributed by atoms with E-state index in [9.17, 15) is 13.2 Å². The zero-order valence-electron chi connectivity index (χ0n) is 20.0. The van der Waals surface area contributed by atoms with Crippen molar-refractivity contribution >= 4 is 33.2 Å². The molecular formula is C27H31ClN2O3S. The van der Waals surface area contributed by atoms with Gasteiger partial charge in [0, 0.05) is 11.1 Å². The number of rotatable bonds is 9. The van der Waals surface area contributed by atoms with Gasteiger partial charge in [-0.25, -0.2) is 8.42 Å². The predicted octanol–water partition coefficient (Wildman–Crippen LogP) is 5.72. The van der Waals surface area contributed by atoms with Crippen molar-refractivity contribution in [2.24, 2.45) is 0 Å². The van der Waals surface area contributed by atoms with E-state index in [2.05, 4.69) is 31.3 Å². The van der Waals surface area contributed by atoms with E-state index in [0.717, 1.165) is 9.87 Å². The number of anilines is 1. The molecule has 0 aliphatic carbocycles. The number of sulfonamides is 1. The maximum atomic E-state index is 13.5. The number of amides is 1. The van der Waals surface area contributed by atoms with Gasteiger partial charge in [0.1, 0.15) is 6.54 Å².